The highest BCUT2D eigenvalue weighted by atomic mass is 16.5. The Morgan fingerprint density at radius 1 is 1.44 bits per heavy atom. The number of carbonyl (C=O) groups is 2. The first-order valence-electron chi connectivity index (χ1n) is 5.88. The number of imide groups is 1. The highest BCUT2D eigenvalue weighted by molar-refractivity contribution is 6.07. The Morgan fingerprint density at radius 3 is 2.56 bits per heavy atom. The molecule has 2 fully saturated rings. The molecule has 90 valence electrons. The normalized spacial score (nSPS) is 28.6. The molecule has 0 aromatic rings. The van der Waals surface area contributed by atoms with Crippen LogP contribution >= 0.6 is 0 Å². The summed E-state index contributed by atoms with van der Waals surface area (Å²) in [6.45, 7) is 4.96. The molecule has 2 rings (SSSR count). The van der Waals surface area contributed by atoms with Gasteiger partial charge in [-0.05, 0) is 19.3 Å². The highest BCUT2D eigenvalue weighted by Gasteiger charge is 2.51. The van der Waals surface area contributed by atoms with Crippen molar-refractivity contribution in [1.82, 2.24) is 10.2 Å². The zero-order valence-corrected chi connectivity index (χ0v) is 9.78. The number of hydrogen-bond donors (Lipinski definition) is 1. The van der Waals surface area contributed by atoms with Gasteiger partial charge < -0.3 is 10.1 Å². The van der Waals surface area contributed by atoms with Crippen LogP contribution < -0.4 is 5.32 Å². The minimum atomic E-state index is -0.681. The fourth-order valence-corrected chi connectivity index (χ4v) is 2.43. The highest BCUT2D eigenvalue weighted by Crippen LogP contribution is 2.28. The van der Waals surface area contributed by atoms with Gasteiger partial charge in [-0.15, -0.1) is 0 Å². The van der Waals surface area contributed by atoms with E-state index in [0.29, 0.717) is 26.1 Å². The number of carbonyl (C=O) groups excluding carboxylic acids is 2. The second kappa shape index (κ2) is 4.05. The van der Waals surface area contributed by atoms with E-state index >= 15 is 0 Å². The molecule has 0 aromatic carbocycles. The van der Waals surface area contributed by atoms with Crippen molar-refractivity contribution >= 4 is 11.9 Å². The van der Waals surface area contributed by atoms with E-state index in [1.165, 1.54) is 4.90 Å². The number of nitrogens with one attached hydrogen (secondary N) is 1. The lowest BCUT2D eigenvalue weighted by Gasteiger charge is -2.24. The first-order chi connectivity index (χ1) is 7.64. The molecule has 2 aliphatic heterocycles. The van der Waals surface area contributed by atoms with E-state index in [4.69, 9.17) is 4.74 Å². The minimum absolute atomic E-state index is 0.0764. The average molecular weight is 226 g/mol. The number of amides is 3. The second-order valence-electron chi connectivity index (χ2n) is 4.41. The van der Waals surface area contributed by atoms with Crippen LogP contribution in [0.4, 0.5) is 4.79 Å². The Hall–Kier alpha value is -1.10. The molecule has 1 unspecified atom stereocenters. The molecular formula is C11H18N2O3. The summed E-state index contributed by atoms with van der Waals surface area (Å²) < 4.78 is 5.23. The number of rotatable bonds is 3. The Balaban J connectivity index is 2.21. The summed E-state index contributed by atoms with van der Waals surface area (Å²) in [4.78, 5) is 25.5. The van der Waals surface area contributed by atoms with Crippen LogP contribution in [-0.2, 0) is 9.53 Å². The maximum Gasteiger partial charge on any atom is 0.325 e. The third kappa shape index (κ3) is 1.50. The molecule has 3 amide bonds. The Morgan fingerprint density at radius 2 is 2.12 bits per heavy atom. The maximum atomic E-state index is 12.3. The predicted octanol–water partition coefficient (Wildman–Crippen LogP) is 0.886. The first-order valence-corrected chi connectivity index (χ1v) is 5.88. The minimum Gasteiger partial charge on any atom is -0.379 e. The third-order valence-corrected chi connectivity index (χ3v) is 3.67. The van der Waals surface area contributed by atoms with Crippen LogP contribution in [0.1, 0.15) is 33.1 Å². The third-order valence-electron chi connectivity index (χ3n) is 3.67. The van der Waals surface area contributed by atoms with E-state index in [2.05, 4.69) is 5.32 Å². The van der Waals surface area contributed by atoms with Crippen molar-refractivity contribution in [2.24, 2.45) is 0 Å². The molecule has 5 heteroatoms. The lowest BCUT2D eigenvalue weighted by atomic mass is 9.93. The van der Waals surface area contributed by atoms with Crippen molar-refractivity contribution in [3.63, 3.8) is 0 Å². The Kier molecular flexibility index (Phi) is 2.88. The fourth-order valence-electron chi connectivity index (χ4n) is 2.43. The molecule has 2 heterocycles. The van der Waals surface area contributed by atoms with Gasteiger partial charge in [0.25, 0.3) is 5.91 Å². The molecule has 0 spiro atoms. The largest absolute Gasteiger partial charge is 0.379 e. The average Bonchev–Trinajstić information content (AvgIpc) is 2.86. The van der Waals surface area contributed by atoms with E-state index in [1.807, 2.05) is 13.8 Å². The summed E-state index contributed by atoms with van der Waals surface area (Å²) in [7, 11) is 0. The zero-order chi connectivity index (χ0) is 11.8. The van der Waals surface area contributed by atoms with Crippen LogP contribution in [0, 0.1) is 0 Å². The van der Waals surface area contributed by atoms with E-state index < -0.39 is 5.54 Å². The van der Waals surface area contributed by atoms with Crippen molar-refractivity contribution in [3.8, 4) is 0 Å². The predicted molar refractivity (Wildman–Crippen MR) is 57.9 cm³/mol. The van der Waals surface area contributed by atoms with E-state index in [9.17, 15) is 9.59 Å². The molecule has 2 saturated heterocycles. The summed E-state index contributed by atoms with van der Waals surface area (Å²) >= 11 is 0. The van der Waals surface area contributed by atoms with E-state index in [1.54, 1.807) is 0 Å². The van der Waals surface area contributed by atoms with Crippen molar-refractivity contribution in [1.29, 1.82) is 0 Å². The molecule has 16 heavy (non-hydrogen) atoms. The van der Waals surface area contributed by atoms with Crippen LogP contribution in [0.5, 0.6) is 0 Å². The maximum absolute atomic E-state index is 12.3. The van der Waals surface area contributed by atoms with Gasteiger partial charge in [0.05, 0.1) is 12.6 Å². The molecule has 1 atom stereocenters. The standard InChI is InChI=1S/C11H18N2O3/c1-3-11(4-2)9(14)13(10(15)12-11)8-5-6-16-7-8/h8H,3-7H2,1-2H3,(H,12,15). The van der Waals surface area contributed by atoms with Crippen molar-refractivity contribution < 1.29 is 14.3 Å². The van der Waals surface area contributed by atoms with Crippen molar-refractivity contribution in [2.45, 2.75) is 44.7 Å². The number of ether oxygens (including phenoxy) is 1. The van der Waals surface area contributed by atoms with Crippen LogP contribution in [0.2, 0.25) is 0 Å². The quantitative estimate of drug-likeness (QED) is 0.727. The number of nitrogens with zero attached hydrogens (tertiary/aromatic N) is 1. The van der Waals surface area contributed by atoms with E-state index in [-0.39, 0.29) is 18.0 Å². The van der Waals surface area contributed by atoms with Gasteiger partial charge >= 0.3 is 6.03 Å². The zero-order valence-electron chi connectivity index (χ0n) is 9.78. The molecule has 0 aromatic heterocycles. The SMILES string of the molecule is CCC1(CC)NC(=O)N(C2CCOC2)C1=O. The summed E-state index contributed by atoms with van der Waals surface area (Å²) in [5, 5.41) is 2.83. The number of hydrogen-bond acceptors (Lipinski definition) is 3. The fraction of sp³-hybridized carbons (Fsp3) is 0.818. The van der Waals surface area contributed by atoms with E-state index in [0.717, 1.165) is 6.42 Å². The molecule has 0 radical (unpaired) electrons. The summed E-state index contributed by atoms with van der Waals surface area (Å²) in [5.41, 5.74) is -0.681. The van der Waals surface area contributed by atoms with Gasteiger partial charge in [-0.1, -0.05) is 13.8 Å². The van der Waals surface area contributed by atoms with Gasteiger partial charge in [-0.2, -0.15) is 0 Å². The Bertz CT molecular complexity index is 306. The monoisotopic (exact) mass is 226 g/mol. The van der Waals surface area contributed by atoms with Crippen molar-refractivity contribution in [3.05, 3.63) is 0 Å². The van der Waals surface area contributed by atoms with Gasteiger partial charge in [0.1, 0.15) is 5.54 Å². The van der Waals surface area contributed by atoms with Gasteiger partial charge in [-0.3, -0.25) is 9.69 Å². The molecule has 2 aliphatic rings. The lowest BCUT2D eigenvalue weighted by Crippen LogP contribution is -2.47. The number of urea groups is 1. The smallest absolute Gasteiger partial charge is 0.325 e. The molecule has 0 saturated carbocycles. The van der Waals surface area contributed by atoms with Crippen LogP contribution in [-0.4, -0.2) is 41.6 Å². The summed E-state index contributed by atoms with van der Waals surface area (Å²) in [5.74, 6) is -0.0852. The molecular weight excluding hydrogens is 208 g/mol. The lowest BCUT2D eigenvalue weighted by molar-refractivity contribution is -0.133. The van der Waals surface area contributed by atoms with Crippen LogP contribution in [0.15, 0.2) is 0 Å². The Labute approximate surface area is 95.1 Å². The van der Waals surface area contributed by atoms with Crippen molar-refractivity contribution in [2.75, 3.05) is 13.2 Å². The summed E-state index contributed by atoms with van der Waals surface area (Å²) in [6, 6.07) is -0.336. The van der Waals surface area contributed by atoms with Gasteiger partial charge in [0.15, 0.2) is 0 Å². The van der Waals surface area contributed by atoms with Crippen LogP contribution in [0.25, 0.3) is 0 Å². The first kappa shape index (κ1) is 11.4. The second-order valence-corrected chi connectivity index (χ2v) is 4.41. The topological polar surface area (TPSA) is 58.6 Å². The molecule has 5 nitrogen and oxygen atoms in total. The molecule has 0 bridgehead atoms. The van der Waals surface area contributed by atoms with Crippen LogP contribution in [0.3, 0.4) is 0 Å². The molecule has 1 N–H and O–H groups in total. The molecule has 0 aliphatic carbocycles. The van der Waals surface area contributed by atoms with Gasteiger partial charge in [0, 0.05) is 6.61 Å². The van der Waals surface area contributed by atoms with Gasteiger partial charge in [0.2, 0.25) is 0 Å². The van der Waals surface area contributed by atoms with Gasteiger partial charge in [-0.25, -0.2) is 4.79 Å². The summed E-state index contributed by atoms with van der Waals surface area (Å²) in [6.07, 6.45) is 2.03.